The SMILES string of the molecule is Cc1ccc(NC(=O)COC(=O)/C=C/c2ccc(C)o2)cc1. The number of esters is 1. The molecule has 5 nitrogen and oxygen atoms in total. The molecule has 22 heavy (non-hydrogen) atoms. The van der Waals surface area contributed by atoms with Gasteiger partial charge in [0, 0.05) is 11.8 Å². The van der Waals surface area contributed by atoms with Crippen molar-refractivity contribution in [3.8, 4) is 0 Å². The summed E-state index contributed by atoms with van der Waals surface area (Å²) in [7, 11) is 0. The molecule has 0 radical (unpaired) electrons. The molecule has 0 atom stereocenters. The van der Waals surface area contributed by atoms with Gasteiger partial charge < -0.3 is 14.5 Å². The number of aryl methyl sites for hydroxylation is 2. The zero-order valence-corrected chi connectivity index (χ0v) is 12.5. The van der Waals surface area contributed by atoms with Gasteiger partial charge in [-0.1, -0.05) is 17.7 Å². The molecule has 2 rings (SSSR count). The molecule has 114 valence electrons. The first kappa shape index (κ1) is 15.6. The summed E-state index contributed by atoms with van der Waals surface area (Å²) in [6.45, 7) is 3.43. The second-order valence-corrected chi connectivity index (χ2v) is 4.80. The highest BCUT2D eigenvalue weighted by Crippen LogP contribution is 2.09. The smallest absolute Gasteiger partial charge is 0.331 e. The van der Waals surface area contributed by atoms with Crippen molar-refractivity contribution in [2.45, 2.75) is 13.8 Å². The zero-order valence-electron chi connectivity index (χ0n) is 12.5. The number of anilines is 1. The summed E-state index contributed by atoms with van der Waals surface area (Å²) in [6, 6.07) is 10.9. The second kappa shape index (κ2) is 7.26. The normalized spacial score (nSPS) is 10.6. The van der Waals surface area contributed by atoms with Crippen LogP contribution in [0.2, 0.25) is 0 Å². The minimum Gasteiger partial charge on any atom is -0.462 e. The molecule has 1 heterocycles. The topological polar surface area (TPSA) is 68.5 Å². The van der Waals surface area contributed by atoms with E-state index in [1.54, 1.807) is 24.3 Å². The van der Waals surface area contributed by atoms with Crippen LogP contribution in [-0.2, 0) is 14.3 Å². The Kier molecular flexibility index (Phi) is 5.14. The fourth-order valence-corrected chi connectivity index (χ4v) is 1.71. The van der Waals surface area contributed by atoms with Crippen molar-refractivity contribution in [3.63, 3.8) is 0 Å². The quantitative estimate of drug-likeness (QED) is 0.680. The molecule has 0 unspecified atom stereocenters. The number of nitrogens with one attached hydrogen (secondary N) is 1. The lowest BCUT2D eigenvalue weighted by Crippen LogP contribution is -2.20. The first-order valence-corrected chi connectivity index (χ1v) is 6.81. The molecule has 1 N–H and O–H groups in total. The Morgan fingerprint density at radius 1 is 1.14 bits per heavy atom. The summed E-state index contributed by atoms with van der Waals surface area (Å²) < 4.78 is 10.1. The Morgan fingerprint density at radius 2 is 1.86 bits per heavy atom. The number of hydrogen-bond acceptors (Lipinski definition) is 4. The Balaban J connectivity index is 1.77. The van der Waals surface area contributed by atoms with Crippen LogP contribution in [0.4, 0.5) is 5.69 Å². The molecule has 0 aliphatic heterocycles. The van der Waals surface area contributed by atoms with Crippen molar-refractivity contribution >= 4 is 23.6 Å². The minimum absolute atomic E-state index is 0.339. The van der Waals surface area contributed by atoms with Gasteiger partial charge in [0.2, 0.25) is 0 Å². The Bertz CT molecular complexity index is 683. The van der Waals surface area contributed by atoms with Gasteiger partial charge in [-0.15, -0.1) is 0 Å². The molecule has 5 heteroatoms. The molecular weight excluding hydrogens is 282 g/mol. The van der Waals surface area contributed by atoms with Gasteiger partial charge in [-0.2, -0.15) is 0 Å². The van der Waals surface area contributed by atoms with Crippen LogP contribution in [0, 0.1) is 13.8 Å². The summed E-state index contributed by atoms with van der Waals surface area (Å²) in [4.78, 5) is 23.1. The van der Waals surface area contributed by atoms with E-state index >= 15 is 0 Å². The molecule has 0 fully saturated rings. The highest BCUT2D eigenvalue weighted by Gasteiger charge is 2.05. The maximum atomic E-state index is 11.6. The van der Waals surface area contributed by atoms with Crippen molar-refractivity contribution in [1.29, 1.82) is 0 Å². The Labute approximate surface area is 128 Å². The van der Waals surface area contributed by atoms with Gasteiger partial charge in [0.25, 0.3) is 5.91 Å². The fourth-order valence-electron chi connectivity index (χ4n) is 1.71. The van der Waals surface area contributed by atoms with E-state index < -0.39 is 5.97 Å². The van der Waals surface area contributed by atoms with Gasteiger partial charge in [-0.3, -0.25) is 4.79 Å². The molecule has 0 bridgehead atoms. The number of hydrogen-bond donors (Lipinski definition) is 1. The lowest BCUT2D eigenvalue weighted by molar-refractivity contribution is -0.142. The van der Waals surface area contributed by atoms with E-state index in [-0.39, 0.29) is 12.5 Å². The highest BCUT2D eigenvalue weighted by atomic mass is 16.5. The highest BCUT2D eigenvalue weighted by molar-refractivity contribution is 5.94. The van der Waals surface area contributed by atoms with E-state index in [0.29, 0.717) is 11.4 Å². The number of rotatable bonds is 5. The van der Waals surface area contributed by atoms with E-state index in [9.17, 15) is 9.59 Å². The van der Waals surface area contributed by atoms with Crippen LogP contribution in [0.5, 0.6) is 0 Å². The first-order chi connectivity index (χ1) is 10.5. The van der Waals surface area contributed by atoms with Gasteiger partial charge in [0.15, 0.2) is 6.61 Å². The van der Waals surface area contributed by atoms with Crippen LogP contribution in [0.1, 0.15) is 17.1 Å². The molecule has 0 saturated carbocycles. The summed E-state index contributed by atoms with van der Waals surface area (Å²) in [5, 5.41) is 2.64. The molecule has 1 amide bonds. The summed E-state index contributed by atoms with van der Waals surface area (Å²) >= 11 is 0. The number of amides is 1. The molecule has 1 aromatic carbocycles. The van der Waals surface area contributed by atoms with Crippen LogP contribution < -0.4 is 5.32 Å². The van der Waals surface area contributed by atoms with Crippen molar-refractivity contribution < 1.29 is 18.7 Å². The van der Waals surface area contributed by atoms with Gasteiger partial charge in [-0.05, 0) is 44.2 Å². The Hall–Kier alpha value is -2.82. The third kappa shape index (κ3) is 4.94. The van der Waals surface area contributed by atoms with Gasteiger partial charge in [-0.25, -0.2) is 4.79 Å². The van der Waals surface area contributed by atoms with Crippen LogP contribution in [-0.4, -0.2) is 18.5 Å². The second-order valence-electron chi connectivity index (χ2n) is 4.80. The fraction of sp³-hybridized carbons (Fsp3) is 0.176. The van der Waals surface area contributed by atoms with Crippen LogP contribution >= 0.6 is 0 Å². The summed E-state index contributed by atoms with van der Waals surface area (Å²) in [5.41, 5.74) is 1.76. The van der Waals surface area contributed by atoms with Crippen LogP contribution in [0.15, 0.2) is 46.9 Å². The van der Waals surface area contributed by atoms with Gasteiger partial charge in [0.1, 0.15) is 11.5 Å². The first-order valence-electron chi connectivity index (χ1n) is 6.81. The minimum atomic E-state index is -0.604. The van der Waals surface area contributed by atoms with Crippen molar-refractivity contribution in [2.75, 3.05) is 11.9 Å². The Morgan fingerprint density at radius 3 is 2.50 bits per heavy atom. The molecule has 2 aromatic rings. The van der Waals surface area contributed by atoms with E-state index in [1.807, 2.05) is 26.0 Å². The van der Waals surface area contributed by atoms with E-state index in [0.717, 1.165) is 11.3 Å². The molecule has 0 saturated heterocycles. The summed E-state index contributed by atoms with van der Waals surface area (Å²) in [5.74, 6) is 0.316. The number of carbonyl (C=O) groups is 2. The van der Waals surface area contributed by atoms with Gasteiger partial charge in [0.05, 0.1) is 0 Å². The number of furan rings is 1. The third-order valence-electron chi connectivity index (χ3n) is 2.83. The molecular formula is C17H17NO4. The third-order valence-corrected chi connectivity index (χ3v) is 2.83. The predicted molar refractivity (Wildman–Crippen MR) is 83.2 cm³/mol. The number of ether oxygens (including phenoxy) is 1. The maximum Gasteiger partial charge on any atom is 0.331 e. The van der Waals surface area contributed by atoms with E-state index in [1.165, 1.54) is 12.2 Å². The summed E-state index contributed by atoms with van der Waals surface area (Å²) in [6.07, 6.45) is 2.71. The number of benzene rings is 1. The molecule has 0 spiro atoms. The van der Waals surface area contributed by atoms with Crippen molar-refractivity contribution in [1.82, 2.24) is 0 Å². The standard InChI is InChI=1S/C17H17NO4/c1-12-3-6-14(7-4-12)18-16(19)11-21-17(20)10-9-15-8-5-13(2)22-15/h3-10H,11H2,1-2H3,(H,18,19)/b10-9+. The average molecular weight is 299 g/mol. The largest absolute Gasteiger partial charge is 0.462 e. The van der Waals surface area contributed by atoms with Crippen LogP contribution in [0.25, 0.3) is 6.08 Å². The van der Waals surface area contributed by atoms with E-state index in [2.05, 4.69) is 5.32 Å². The predicted octanol–water partition coefficient (Wildman–Crippen LogP) is 3.09. The molecule has 0 aliphatic carbocycles. The average Bonchev–Trinajstić information content (AvgIpc) is 2.91. The lowest BCUT2D eigenvalue weighted by Gasteiger charge is -2.05. The van der Waals surface area contributed by atoms with Crippen molar-refractivity contribution in [2.24, 2.45) is 0 Å². The maximum absolute atomic E-state index is 11.6. The lowest BCUT2D eigenvalue weighted by atomic mass is 10.2. The zero-order chi connectivity index (χ0) is 15.9. The van der Waals surface area contributed by atoms with Gasteiger partial charge >= 0.3 is 5.97 Å². The molecule has 1 aromatic heterocycles. The van der Waals surface area contributed by atoms with Crippen molar-refractivity contribution in [3.05, 3.63) is 59.6 Å². The monoisotopic (exact) mass is 299 g/mol. The molecule has 0 aliphatic rings. The number of carbonyl (C=O) groups excluding carboxylic acids is 2. The van der Waals surface area contributed by atoms with E-state index in [4.69, 9.17) is 9.15 Å². The van der Waals surface area contributed by atoms with Crippen LogP contribution in [0.3, 0.4) is 0 Å².